The number of hydrogen-bond donors (Lipinski definition) is 3. The summed E-state index contributed by atoms with van der Waals surface area (Å²) in [4.78, 5) is 12.6. The normalized spacial score (nSPS) is 37.8. The van der Waals surface area contributed by atoms with E-state index < -0.39 is 184 Å². The number of azo groups is 1. The number of amides is 1. The first-order valence-corrected chi connectivity index (χ1v) is 36.6. The van der Waals surface area contributed by atoms with Crippen molar-refractivity contribution in [2.75, 3.05) is 158 Å². The van der Waals surface area contributed by atoms with E-state index >= 15 is 0 Å². The SMILES string of the molecule is COCC1OC2OC3C(COC)OC(OC4C(COC)OC(OC5C(COC)OC(OC6C(COC)OC(OC7C(COc8ccc(N=Nc9ccc(OCCCC(=O)Nc%10cc(C)cc(C)c%10)cc9)cc8)OC(OC1C(OC)C2OC)C(O)C7O)C(OC)C6OC)C(OC)C5OC)C(OC)C4OC)C(OC)C3OC. The van der Waals surface area contributed by atoms with Crippen molar-refractivity contribution in [1.29, 1.82) is 0 Å². The van der Waals surface area contributed by atoms with Crippen molar-refractivity contribution < 1.29 is 152 Å². The molecule has 22 aliphatic rings. The topological polar surface area (TPSA) is 362 Å². The van der Waals surface area contributed by atoms with E-state index in [0.29, 0.717) is 42.3 Å². The van der Waals surface area contributed by atoms with Gasteiger partial charge in [0.15, 0.2) is 37.7 Å². The number of hydrogen-bond acceptors (Lipinski definition) is 34. The molecule has 0 spiro atoms. The molecule has 30 unspecified atom stereocenters. The van der Waals surface area contributed by atoms with Gasteiger partial charge in [-0.2, -0.15) is 10.2 Å². The summed E-state index contributed by atoms with van der Waals surface area (Å²) in [5, 5.41) is 37.0. The number of ether oxygens (including phenoxy) is 29. The van der Waals surface area contributed by atoms with E-state index in [2.05, 4.69) is 21.6 Å². The van der Waals surface area contributed by atoms with Crippen molar-refractivity contribution in [2.45, 2.75) is 211 Å². The van der Waals surface area contributed by atoms with Crippen LogP contribution in [0.25, 0.3) is 0 Å². The van der Waals surface area contributed by atoms with E-state index in [1.54, 1.807) is 48.5 Å². The molecule has 3 N–H and O–H groups in total. The first-order chi connectivity index (χ1) is 53.4. The Kier molecular flexibility index (Phi) is 34.0. The molecule has 22 fully saturated rings. The highest BCUT2D eigenvalue weighted by atomic mass is 16.8. The molecule has 0 aromatic heterocycles. The van der Waals surface area contributed by atoms with Gasteiger partial charge in [-0.05, 0) is 92.1 Å². The van der Waals surface area contributed by atoms with Crippen LogP contribution in [0.4, 0.5) is 17.1 Å². The highest BCUT2D eigenvalue weighted by Crippen LogP contribution is 2.42. The number of nitrogens with zero attached hydrogens (tertiary/aromatic N) is 2. The predicted octanol–water partition coefficient (Wildman–Crippen LogP) is 3.67. The Morgan fingerprint density at radius 1 is 0.345 bits per heavy atom. The average molecular weight is 1570 g/mol. The molecular formula is C75H113N3O32. The molecule has 35 heteroatoms. The predicted molar refractivity (Wildman–Crippen MR) is 382 cm³/mol. The van der Waals surface area contributed by atoms with Gasteiger partial charge < -0.3 is 153 Å². The third-order valence-electron chi connectivity index (χ3n) is 20.4. The van der Waals surface area contributed by atoms with Crippen LogP contribution in [0.15, 0.2) is 77.0 Å². The molecule has 35 nitrogen and oxygen atoms in total. The van der Waals surface area contributed by atoms with Crippen molar-refractivity contribution >= 4 is 23.0 Å². The van der Waals surface area contributed by atoms with Gasteiger partial charge in [0.2, 0.25) is 5.91 Å². The standard InChI is InChI=1S/C75H113N3O32/c1-38-29-39(2)31-42(30-38)76-51(79)19-18-28-97-43-24-20-40(21-25-43)77-78-41-22-26-44(27-23-41)98-37-50-54-52(80)53(81)70(99-50)106-55-45(32-82-3)101-72(66(93-14)60(55)87-8)108-57-47(34-84-5)103-74(68(95-16)62(57)89-10)110-59-49(36-86-7)104-75(69(96-17)64(59)91-12)109-58-48(35-85-6)102-73(67(94-15)63(58)90-11)107-56-46(33-83-4)100-71(105-54)65(92-13)61(56)88-9/h20-27,29-31,45-50,52-75,80-81H,18-19,28,32-37H2,1-17H3,(H,76,79). The number of anilines is 1. The number of methoxy groups -OCH3 is 15. The second-order valence-electron chi connectivity index (χ2n) is 27.5. The van der Waals surface area contributed by atoms with E-state index in [9.17, 15) is 15.0 Å². The third-order valence-corrected chi connectivity index (χ3v) is 20.4. The largest absolute Gasteiger partial charge is 0.494 e. The minimum absolute atomic E-state index is 0.0430. The van der Waals surface area contributed by atoms with Gasteiger partial charge in [-0.15, -0.1) is 0 Å². The fourth-order valence-corrected chi connectivity index (χ4v) is 15.3. The molecule has 0 saturated carbocycles. The zero-order valence-corrected chi connectivity index (χ0v) is 65.6. The monoisotopic (exact) mass is 1570 g/mol. The number of nitrogens with one attached hydrogen (secondary N) is 1. The summed E-state index contributed by atoms with van der Waals surface area (Å²) in [6, 6.07) is 19.8. The van der Waals surface area contributed by atoms with E-state index in [1.165, 1.54) is 107 Å². The van der Waals surface area contributed by atoms with Crippen LogP contribution in [0.3, 0.4) is 0 Å². The van der Waals surface area contributed by atoms with Gasteiger partial charge in [0.05, 0.1) is 51.0 Å². The van der Waals surface area contributed by atoms with E-state index in [-0.39, 0.29) is 45.5 Å². The number of aryl methyl sites for hydroxylation is 2. The molecule has 22 aliphatic heterocycles. The molecule has 110 heavy (non-hydrogen) atoms. The minimum atomic E-state index is -1.87. The van der Waals surface area contributed by atoms with Gasteiger partial charge in [0, 0.05) is 119 Å². The average Bonchev–Trinajstić information content (AvgIpc) is 0.761. The Morgan fingerprint density at radius 3 is 0.936 bits per heavy atom. The maximum absolute atomic E-state index is 12.7. The van der Waals surface area contributed by atoms with Crippen LogP contribution in [0, 0.1) is 13.8 Å². The second-order valence-corrected chi connectivity index (χ2v) is 27.5. The highest BCUT2D eigenvalue weighted by Gasteiger charge is 2.61. The lowest BCUT2D eigenvalue weighted by atomic mass is 9.94. The van der Waals surface area contributed by atoms with Crippen LogP contribution in [0.1, 0.15) is 24.0 Å². The Balaban J connectivity index is 0.953. The third kappa shape index (κ3) is 20.9. The molecule has 3 aromatic carbocycles. The molecule has 12 bridgehead atoms. The first kappa shape index (κ1) is 87.6. The summed E-state index contributed by atoms with van der Waals surface area (Å²) in [5.74, 6) is 0.865. The maximum atomic E-state index is 12.7. The summed E-state index contributed by atoms with van der Waals surface area (Å²) < 4.78 is 187. The zero-order valence-electron chi connectivity index (χ0n) is 65.6. The lowest BCUT2D eigenvalue weighted by molar-refractivity contribution is -0.408. The van der Waals surface area contributed by atoms with Crippen LogP contribution in [0.2, 0.25) is 0 Å². The van der Waals surface area contributed by atoms with Gasteiger partial charge in [-0.1, -0.05) is 6.07 Å². The Morgan fingerprint density at radius 2 is 0.627 bits per heavy atom. The van der Waals surface area contributed by atoms with Crippen LogP contribution >= 0.6 is 0 Å². The molecule has 22 saturated heterocycles. The minimum Gasteiger partial charge on any atom is -0.494 e. The van der Waals surface area contributed by atoms with Crippen molar-refractivity contribution in [3.05, 3.63) is 77.9 Å². The lowest BCUT2D eigenvalue weighted by Gasteiger charge is -2.53. The highest BCUT2D eigenvalue weighted by molar-refractivity contribution is 5.90. The number of benzene rings is 3. The number of carbonyl (C=O) groups excluding carboxylic acids is 1. The molecule has 620 valence electrons. The molecule has 3 aromatic rings. The molecule has 30 atom stereocenters. The van der Waals surface area contributed by atoms with Crippen LogP contribution < -0.4 is 14.8 Å². The Bertz CT molecular complexity index is 3210. The molecular weight excluding hydrogens is 1450 g/mol. The van der Waals surface area contributed by atoms with Gasteiger partial charge in [-0.3, -0.25) is 4.79 Å². The van der Waals surface area contributed by atoms with Gasteiger partial charge in [0.25, 0.3) is 0 Å². The summed E-state index contributed by atoms with van der Waals surface area (Å²) in [5.41, 5.74) is 3.96. The fraction of sp³-hybridized carbons (Fsp3) is 0.747. The van der Waals surface area contributed by atoms with E-state index in [1.807, 2.05) is 26.0 Å². The zero-order chi connectivity index (χ0) is 78.7. The molecule has 25 rings (SSSR count). The van der Waals surface area contributed by atoms with Gasteiger partial charge >= 0.3 is 0 Å². The van der Waals surface area contributed by atoms with Crippen molar-refractivity contribution in [2.24, 2.45) is 10.2 Å². The number of carbonyl (C=O) groups is 1. The van der Waals surface area contributed by atoms with E-state index in [4.69, 9.17) is 137 Å². The molecule has 22 heterocycles. The summed E-state index contributed by atoms with van der Waals surface area (Å²) in [7, 11) is 22.1. The fourth-order valence-electron chi connectivity index (χ4n) is 15.3. The summed E-state index contributed by atoms with van der Waals surface area (Å²) in [6.07, 6.45) is -34.6. The Hall–Kier alpha value is -4.83. The number of aliphatic hydroxyl groups excluding tert-OH is 2. The van der Waals surface area contributed by atoms with Crippen molar-refractivity contribution in [3.63, 3.8) is 0 Å². The quantitative estimate of drug-likeness (QED) is 0.0611. The second kappa shape index (κ2) is 42.7. The van der Waals surface area contributed by atoms with Crippen LogP contribution in [-0.2, 0) is 133 Å². The van der Waals surface area contributed by atoms with Crippen molar-refractivity contribution in [3.8, 4) is 11.5 Å². The first-order valence-electron chi connectivity index (χ1n) is 36.6. The van der Waals surface area contributed by atoms with Crippen LogP contribution in [-0.4, -0.2) is 353 Å². The number of rotatable bonds is 31. The molecule has 0 aliphatic carbocycles. The smallest absolute Gasteiger partial charge is 0.224 e. The molecule has 0 radical (unpaired) electrons. The summed E-state index contributed by atoms with van der Waals surface area (Å²) >= 11 is 0. The lowest BCUT2D eigenvalue weighted by Crippen LogP contribution is -2.70. The van der Waals surface area contributed by atoms with Gasteiger partial charge in [0.1, 0.15) is 165 Å². The molecule has 1 amide bonds. The summed E-state index contributed by atoms with van der Waals surface area (Å²) in [6.45, 7) is 3.55. The van der Waals surface area contributed by atoms with Crippen molar-refractivity contribution in [1.82, 2.24) is 0 Å². The number of aliphatic hydroxyl groups is 2. The Labute approximate surface area is 641 Å². The van der Waals surface area contributed by atoms with Crippen LogP contribution in [0.5, 0.6) is 11.5 Å². The van der Waals surface area contributed by atoms with E-state index in [0.717, 1.165) is 16.8 Å². The van der Waals surface area contributed by atoms with Gasteiger partial charge in [-0.25, -0.2) is 0 Å². The maximum Gasteiger partial charge on any atom is 0.224 e.